The number of hydrogen-bond donors (Lipinski definition) is 1. The molecular weight excluding hydrogens is 369 g/mol. The SMILES string of the molecule is Cl.Cl.NC1CCC(C(=O)N2CCN(Cc3cccc(Cl)c3)CC2)C1. The Balaban J connectivity index is 0.00000144. The molecule has 24 heavy (non-hydrogen) atoms. The zero-order chi connectivity index (χ0) is 15.5. The lowest BCUT2D eigenvalue weighted by Gasteiger charge is -2.36. The molecule has 1 saturated carbocycles. The van der Waals surface area contributed by atoms with Crippen LogP contribution < -0.4 is 5.73 Å². The zero-order valence-corrected chi connectivity index (χ0v) is 16.1. The Morgan fingerprint density at radius 1 is 1.17 bits per heavy atom. The minimum absolute atomic E-state index is 0. The Bertz CT molecular complexity index is 536. The average Bonchev–Trinajstić information content (AvgIpc) is 2.94. The third-order valence-electron chi connectivity index (χ3n) is 4.80. The Morgan fingerprint density at radius 3 is 2.46 bits per heavy atom. The Morgan fingerprint density at radius 2 is 1.88 bits per heavy atom. The first-order valence-corrected chi connectivity index (χ1v) is 8.51. The van der Waals surface area contributed by atoms with Crippen LogP contribution in [0.25, 0.3) is 0 Å². The van der Waals surface area contributed by atoms with Gasteiger partial charge in [0.25, 0.3) is 0 Å². The molecule has 2 N–H and O–H groups in total. The van der Waals surface area contributed by atoms with E-state index in [1.807, 2.05) is 23.1 Å². The van der Waals surface area contributed by atoms with Gasteiger partial charge in [-0.2, -0.15) is 0 Å². The molecule has 0 spiro atoms. The monoisotopic (exact) mass is 393 g/mol. The van der Waals surface area contributed by atoms with E-state index in [2.05, 4.69) is 11.0 Å². The highest BCUT2D eigenvalue weighted by atomic mass is 35.5. The van der Waals surface area contributed by atoms with E-state index in [0.29, 0.717) is 5.91 Å². The molecule has 4 nitrogen and oxygen atoms in total. The van der Waals surface area contributed by atoms with Crippen LogP contribution in [0.15, 0.2) is 24.3 Å². The molecule has 2 unspecified atom stereocenters. The van der Waals surface area contributed by atoms with Crippen molar-refractivity contribution in [1.29, 1.82) is 0 Å². The molecule has 0 aromatic heterocycles. The molecule has 3 rings (SSSR count). The number of carbonyl (C=O) groups excluding carboxylic acids is 1. The second kappa shape index (κ2) is 9.83. The van der Waals surface area contributed by atoms with E-state index in [-0.39, 0.29) is 36.8 Å². The first kappa shape index (κ1) is 21.5. The van der Waals surface area contributed by atoms with Crippen LogP contribution in [-0.2, 0) is 11.3 Å². The summed E-state index contributed by atoms with van der Waals surface area (Å²) in [6.07, 6.45) is 2.81. The Hall–Kier alpha value is -0.520. The number of nitrogens with two attached hydrogens (primary N) is 1. The molecule has 2 atom stereocenters. The van der Waals surface area contributed by atoms with Crippen LogP contribution in [0.1, 0.15) is 24.8 Å². The number of rotatable bonds is 3. The molecule has 136 valence electrons. The van der Waals surface area contributed by atoms with Crippen LogP contribution >= 0.6 is 36.4 Å². The third-order valence-corrected chi connectivity index (χ3v) is 5.04. The largest absolute Gasteiger partial charge is 0.340 e. The van der Waals surface area contributed by atoms with Crippen molar-refractivity contribution in [1.82, 2.24) is 9.80 Å². The van der Waals surface area contributed by atoms with Gasteiger partial charge >= 0.3 is 0 Å². The summed E-state index contributed by atoms with van der Waals surface area (Å²) in [4.78, 5) is 16.9. The number of nitrogens with zero attached hydrogens (tertiary/aromatic N) is 2. The summed E-state index contributed by atoms with van der Waals surface area (Å²) in [6.45, 7) is 4.40. The molecule has 1 aliphatic heterocycles. The van der Waals surface area contributed by atoms with Crippen LogP contribution in [0.5, 0.6) is 0 Å². The molecule has 0 radical (unpaired) electrons. The summed E-state index contributed by atoms with van der Waals surface area (Å²) >= 11 is 6.03. The van der Waals surface area contributed by atoms with Gasteiger partial charge in [-0.25, -0.2) is 0 Å². The Labute approximate surface area is 161 Å². The van der Waals surface area contributed by atoms with E-state index in [1.54, 1.807) is 0 Å². The predicted octanol–water partition coefficient (Wildman–Crippen LogP) is 2.96. The molecule has 0 bridgehead atoms. The summed E-state index contributed by atoms with van der Waals surface area (Å²) in [7, 11) is 0. The highest BCUT2D eigenvalue weighted by Gasteiger charge is 2.32. The van der Waals surface area contributed by atoms with Gasteiger partial charge in [-0.15, -0.1) is 24.8 Å². The van der Waals surface area contributed by atoms with E-state index >= 15 is 0 Å². The van der Waals surface area contributed by atoms with Crippen LogP contribution in [0.4, 0.5) is 0 Å². The second-order valence-corrected chi connectivity index (χ2v) is 6.94. The molecule has 1 amide bonds. The summed E-state index contributed by atoms with van der Waals surface area (Å²) in [6, 6.07) is 8.22. The minimum Gasteiger partial charge on any atom is -0.340 e. The van der Waals surface area contributed by atoms with Crippen molar-refractivity contribution in [3.05, 3.63) is 34.9 Å². The van der Waals surface area contributed by atoms with E-state index in [4.69, 9.17) is 17.3 Å². The molecule has 7 heteroatoms. The van der Waals surface area contributed by atoms with E-state index in [9.17, 15) is 4.79 Å². The number of hydrogen-bond acceptors (Lipinski definition) is 3. The smallest absolute Gasteiger partial charge is 0.225 e. The van der Waals surface area contributed by atoms with Gasteiger partial charge in [0.15, 0.2) is 0 Å². The lowest BCUT2D eigenvalue weighted by molar-refractivity contribution is -0.137. The molecule has 1 aliphatic carbocycles. The number of amides is 1. The number of halogens is 3. The summed E-state index contributed by atoms with van der Waals surface area (Å²) in [5.74, 6) is 0.477. The molecule has 1 saturated heterocycles. The first-order valence-electron chi connectivity index (χ1n) is 8.13. The second-order valence-electron chi connectivity index (χ2n) is 6.50. The van der Waals surface area contributed by atoms with Crippen molar-refractivity contribution in [2.24, 2.45) is 11.7 Å². The maximum atomic E-state index is 12.5. The fourth-order valence-corrected chi connectivity index (χ4v) is 3.73. The molecule has 1 aromatic rings. The normalized spacial score (nSPS) is 24.2. The van der Waals surface area contributed by atoms with Gasteiger partial charge in [-0.05, 0) is 37.0 Å². The van der Waals surface area contributed by atoms with Crippen molar-refractivity contribution in [2.45, 2.75) is 31.8 Å². The summed E-state index contributed by atoms with van der Waals surface area (Å²) in [5, 5.41) is 0.781. The third kappa shape index (κ3) is 5.50. The average molecular weight is 395 g/mol. The molecule has 2 aliphatic rings. The van der Waals surface area contributed by atoms with Gasteiger partial charge in [-0.1, -0.05) is 23.7 Å². The van der Waals surface area contributed by atoms with E-state index in [0.717, 1.165) is 57.0 Å². The lowest BCUT2D eigenvalue weighted by Crippen LogP contribution is -2.49. The standard InChI is InChI=1S/C17H24ClN3O.2ClH/c18-15-3-1-2-13(10-15)12-20-6-8-21(9-7-20)17(22)14-4-5-16(19)11-14;;/h1-3,10,14,16H,4-9,11-12,19H2;2*1H. The summed E-state index contributed by atoms with van der Waals surface area (Å²) < 4.78 is 0. The quantitative estimate of drug-likeness (QED) is 0.857. The van der Waals surface area contributed by atoms with Crippen molar-refractivity contribution < 1.29 is 4.79 Å². The number of carbonyl (C=O) groups is 1. The maximum Gasteiger partial charge on any atom is 0.225 e. The molecular formula is C17H26Cl3N3O. The van der Waals surface area contributed by atoms with E-state index < -0.39 is 0 Å². The van der Waals surface area contributed by atoms with Gasteiger partial charge in [-0.3, -0.25) is 9.69 Å². The number of piperazine rings is 1. The van der Waals surface area contributed by atoms with Crippen LogP contribution in [0.3, 0.4) is 0 Å². The topological polar surface area (TPSA) is 49.6 Å². The van der Waals surface area contributed by atoms with Crippen molar-refractivity contribution in [2.75, 3.05) is 26.2 Å². The fraction of sp³-hybridized carbons (Fsp3) is 0.588. The van der Waals surface area contributed by atoms with Crippen molar-refractivity contribution in [3.63, 3.8) is 0 Å². The Kier molecular flexibility index (Phi) is 8.82. The van der Waals surface area contributed by atoms with Crippen molar-refractivity contribution >= 4 is 42.3 Å². The highest BCUT2D eigenvalue weighted by Crippen LogP contribution is 2.26. The molecule has 1 aromatic carbocycles. The van der Waals surface area contributed by atoms with Crippen LogP contribution in [0.2, 0.25) is 5.02 Å². The first-order chi connectivity index (χ1) is 10.6. The predicted molar refractivity (Wildman–Crippen MR) is 103 cm³/mol. The van der Waals surface area contributed by atoms with Gasteiger partial charge in [0, 0.05) is 49.7 Å². The van der Waals surface area contributed by atoms with Gasteiger partial charge in [0.05, 0.1) is 0 Å². The van der Waals surface area contributed by atoms with Gasteiger partial charge < -0.3 is 10.6 Å². The highest BCUT2D eigenvalue weighted by molar-refractivity contribution is 6.30. The van der Waals surface area contributed by atoms with Gasteiger partial charge in [0.1, 0.15) is 0 Å². The minimum atomic E-state index is 0. The van der Waals surface area contributed by atoms with E-state index in [1.165, 1.54) is 5.56 Å². The van der Waals surface area contributed by atoms with Gasteiger partial charge in [0.2, 0.25) is 5.91 Å². The lowest BCUT2D eigenvalue weighted by atomic mass is 10.1. The van der Waals surface area contributed by atoms with Crippen LogP contribution in [-0.4, -0.2) is 47.9 Å². The number of benzene rings is 1. The molecule has 2 fully saturated rings. The van der Waals surface area contributed by atoms with Crippen LogP contribution in [0, 0.1) is 5.92 Å². The zero-order valence-electron chi connectivity index (χ0n) is 13.7. The molecule has 1 heterocycles. The fourth-order valence-electron chi connectivity index (χ4n) is 3.52. The maximum absolute atomic E-state index is 12.5. The summed E-state index contributed by atoms with van der Waals surface area (Å²) in [5.41, 5.74) is 7.15. The van der Waals surface area contributed by atoms with Crippen molar-refractivity contribution in [3.8, 4) is 0 Å².